The molecule has 5 N–H and O–H groups in total. The predicted molar refractivity (Wildman–Crippen MR) is 85.8 cm³/mol. The number of rotatable bonds is 3. The van der Waals surface area contributed by atoms with E-state index in [1.54, 1.807) is 31.3 Å². The standard InChI is InChI=1S/C14H20N4O2.ClH/c1-16-13(20)18-11-6-4-5-10(9-11)17-12(19)14(15)7-2-3-8-14;/h4-6,9H,2-3,7-8,15H2,1H3,(H,17,19)(H2,16,18,20);1H. The van der Waals surface area contributed by atoms with Crippen LogP contribution in [0.1, 0.15) is 25.7 Å². The van der Waals surface area contributed by atoms with Gasteiger partial charge in [0.15, 0.2) is 0 Å². The molecule has 21 heavy (non-hydrogen) atoms. The monoisotopic (exact) mass is 312 g/mol. The third-order valence-corrected chi connectivity index (χ3v) is 3.55. The van der Waals surface area contributed by atoms with Crippen molar-refractivity contribution in [1.29, 1.82) is 0 Å². The summed E-state index contributed by atoms with van der Waals surface area (Å²) in [6, 6.07) is 6.67. The average molecular weight is 313 g/mol. The Morgan fingerprint density at radius 3 is 2.29 bits per heavy atom. The van der Waals surface area contributed by atoms with E-state index >= 15 is 0 Å². The molecule has 6 nitrogen and oxygen atoms in total. The number of hydrogen-bond acceptors (Lipinski definition) is 3. The molecule has 2 rings (SSSR count). The summed E-state index contributed by atoms with van der Waals surface area (Å²) in [5.74, 6) is -0.160. The van der Waals surface area contributed by atoms with Crippen LogP contribution < -0.4 is 21.7 Å². The predicted octanol–water partition coefficient (Wildman–Crippen LogP) is 2.07. The summed E-state index contributed by atoms with van der Waals surface area (Å²) >= 11 is 0. The zero-order valence-corrected chi connectivity index (χ0v) is 12.8. The number of amides is 3. The van der Waals surface area contributed by atoms with Crippen molar-refractivity contribution >= 4 is 35.7 Å². The minimum Gasteiger partial charge on any atom is -0.341 e. The Morgan fingerprint density at radius 2 is 1.71 bits per heavy atom. The van der Waals surface area contributed by atoms with Crippen LogP contribution in [0.5, 0.6) is 0 Å². The summed E-state index contributed by atoms with van der Waals surface area (Å²) in [7, 11) is 1.54. The van der Waals surface area contributed by atoms with Crippen LogP contribution in [0.4, 0.5) is 16.2 Å². The first kappa shape index (κ1) is 17.3. The summed E-state index contributed by atoms with van der Waals surface area (Å²) in [6.45, 7) is 0. The van der Waals surface area contributed by atoms with Gasteiger partial charge in [-0.25, -0.2) is 4.79 Å². The maximum Gasteiger partial charge on any atom is 0.318 e. The Bertz CT molecular complexity index is 515. The molecule has 0 aliphatic heterocycles. The second-order valence-corrected chi connectivity index (χ2v) is 5.10. The third-order valence-electron chi connectivity index (χ3n) is 3.55. The minimum absolute atomic E-state index is 0. The Labute approximate surface area is 130 Å². The lowest BCUT2D eigenvalue weighted by Crippen LogP contribution is -2.48. The van der Waals surface area contributed by atoms with Gasteiger partial charge in [0.25, 0.3) is 0 Å². The molecule has 0 spiro atoms. The fourth-order valence-electron chi connectivity index (χ4n) is 2.36. The number of hydrogen-bond donors (Lipinski definition) is 4. The Hall–Kier alpha value is -1.79. The van der Waals surface area contributed by atoms with Gasteiger partial charge in [0.1, 0.15) is 0 Å². The topological polar surface area (TPSA) is 96.2 Å². The van der Waals surface area contributed by atoms with Crippen LogP contribution in [0.3, 0.4) is 0 Å². The van der Waals surface area contributed by atoms with Gasteiger partial charge in [0.2, 0.25) is 5.91 Å². The van der Waals surface area contributed by atoms with Gasteiger partial charge < -0.3 is 21.7 Å². The molecule has 116 valence electrons. The summed E-state index contributed by atoms with van der Waals surface area (Å²) in [4.78, 5) is 23.4. The van der Waals surface area contributed by atoms with Crippen molar-refractivity contribution in [3.8, 4) is 0 Å². The van der Waals surface area contributed by atoms with E-state index in [9.17, 15) is 9.59 Å². The van der Waals surface area contributed by atoms with Crippen molar-refractivity contribution in [1.82, 2.24) is 5.32 Å². The molecule has 0 radical (unpaired) electrons. The molecule has 1 aromatic rings. The number of anilines is 2. The van der Waals surface area contributed by atoms with Crippen LogP contribution in [-0.4, -0.2) is 24.5 Å². The number of carbonyl (C=O) groups excluding carboxylic acids is 2. The van der Waals surface area contributed by atoms with Crippen LogP contribution in [0, 0.1) is 0 Å². The van der Waals surface area contributed by atoms with E-state index in [1.807, 2.05) is 0 Å². The highest BCUT2D eigenvalue weighted by molar-refractivity contribution is 5.99. The molecule has 7 heteroatoms. The van der Waals surface area contributed by atoms with Gasteiger partial charge in [-0.3, -0.25) is 4.79 Å². The average Bonchev–Trinajstić information content (AvgIpc) is 2.87. The molecule has 0 atom stereocenters. The van der Waals surface area contributed by atoms with Gasteiger partial charge in [-0.2, -0.15) is 0 Å². The second-order valence-electron chi connectivity index (χ2n) is 5.10. The number of halogens is 1. The van der Waals surface area contributed by atoms with E-state index < -0.39 is 5.54 Å². The van der Waals surface area contributed by atoms with E-state index in [0.29, 0.717) is 11.4 Å². The summed E-state index contributed by atoms with van der Waals surface area (Å²) in [5.41, 5.74) is 6.58. The first-order valence-corrected chi connectivity index (χ1v) is 6.73. The molecule has 0 aromatic heterocycles. The van der Waals surface area contributed by atoms with Gasteiger partial charge in [0, 0.05) is 18.4 Å². The summed E-state index contributed by atoms with van der Waals surface area (Å²) in [6.07, 6.45) is 3.41. The lowest BCUT2D eigenvalue weighted by atomic mass is 9.98. The quantitative estimate of drug-likeness (QED) is 0.688. The summed E-state index contributed by atoms with van der Waals surface area (Å²) in [5, 5.41) is 7.94. The fourth-order valence-corrected chi connectivity index (χ4v) is 2.36. The first-order valence-electron chi connectivity index (χ1n) is 6.73. The molecule has 0 unspecified atom stereocenters. The van der Waals surface area contributed by atoms with Gasteiger partial charge in [-0.1, -0.05) is 18.9 Å². The van der Waals surface area contributed by atoms with E-state index in [-0.39, 0.29) is 24.3 Å². The largest absolute Gasteiger partial charge is 0.341 e. The highest BCUT2D eigenvalue weighted by Gasteiger charge is 2.36. The Morgan fingerprint density at radius 1 is 1.14 bits per heavy atom. The van der Waals surface area contributed by atoms with Crippen molar-refractivity contribution in [3.05, 3.63) is 24.3 Å². The minimum atomic E-state index is -0.760. The molecule has 1 aromatic carbocycles. The molecule has 1 saturated carbocycles. The zero-order valence-electron chi connectivity index (χ0n) is 11.9. The number of nitrogens with two attached hydrogens (primary N) is 1. The van der Waals surface area contributed by atoms with Crippen LogP contribution in [-0.2, 0) is 4.79 Å². The van der Waals surface area contributed by atoms with Crippen LogP contribution in [0.15, 0.2) is 24.3 Å². The van der Waals surface area contributed by atoms with Gasteiger partial charge >= 0.3 is 6.03 Å². The lowest BCUT2D eigenvalue weighted by Gasteiger charge is -2.22. The number of nitrogens with one attached hydrogen (secondary N) is 3. The number of benzene rings is 1. The smallest absolute Gasteiger partial charge is 0.318 e. The third kappa shape index (κ3) is 4.34. The van der Waals surface area contributed by atoms with Crippen molar-refractivity contribution in [2.24, 2.45) is 5.73 Å². The van der Waals surface area contributed by atoms with Gasteiger partial charge in [-0.15, -0.1) is 12.4 Å². The molecule has 0 saturated heterocycles. The molecule has 1 fully saturated rings. The normalized spacial score (nSPS) is 15.7. The molecule has 0 bridgehead atoms. The van der Waals surface area contributed by atoms with Crippen LogP contribution in [0.25, 0.3) is 0 Å². The van der Waals surface area contributed by atoms with E-state index in [4.69, 9.17) is 5.73 Å². The number of carbonyl (C=O) groups is 2. The molecule has 1 aliphatic carbocycles. The highest BCUT2D eigenvalue weighted by atomic mass is 35.5. The van der Waals surface area contributed by atoms with Crippen molar-refractivity contribution in [2.45, 2.75) is 31.2 Å². The van der Waals surface area contributed by atoms with E-state index in [2.05, 4.69) is 16.0 Å². The lowest BCUT2D eigenvalue weighted by molar-refractivity contribution is -0.121. The molecular weight excluding hydrogens is 292 g/mol. The SMILES string of the molecule is CNC(=O)Nc1cccc(NC(=O)C2(N)CCCC2)c1.Cl. The van der Waals surface area contributed by atoms with Gasteiger partial charge in [-0.05, 0) is 31.0 Å². The van der Waals surface area contributed by atoms with Crippen molar-refractivity contribution < 1.29 is 9.59 Å². The zero-order chi connectivity index (χ0) is 14.6. The van der Waals surface area contributed by atoms with Crippen LogP contribution >= 0.6 is 12.4 Å². The fraction of sp³-hybridized carbons (Fsp3) is 0.429. The maximum atomic E-state index is 12.2. The van der Waals surface area contributed by atoms with Gasteiger partial charge in [0.05, 0.1) is 5.54 Å². The molecule has 0 heterocycles. The van der Waals surface area contributed by atoms with Crippen molar-refractivity contribution in [2.75, 3.05) is 17.7 Å². The number of urea groups is 1. The van der Waals surface area contributed by atoms with Crippen molar-refractivity contribution in [3.63, 3.8) is 0 Å². The molecule has 3 amide bonds. The highest BCUT2D eigenvalue weighted by Crippen LogP contribution is 2.28. The Balaban J connectivity index is 0.00000220. The van der Waals surface area contributed by atoms with Crippen LogP contribution in [0.2, 0.25) is 0 Å². The molecule has 1 aliphatic rings. The van der Waals surface area contributed by atoms with E-state index in [0.717, 1.165) is 25.7 Å². The first-order chi connectivity index (χ1) is 9.53. The maximum absolute atomic E-state index is 12.2. The summed E-state index contributed by atoms with van der Waals surface area (Å²) < 4.78 is 0. The van der Waals surface area contributed by atoms with E-state index in [1.165, 1.54) is 0 Å². The molecular formula is C14H21ClN4O2. The Kier molecular flexibility index (Phi) is 5.99. The second kappa shape index (κ2) is 7.28.